The third kappa shape index (κ3) is 2.27. The molecule has 0 aromatic carbocycles. The summed E-state index contributed by atoms with van der Waals surface area (Å²) >= 11 is 0. The SMILES string of the molecule is Cc1cc(C(=O)O)c(C)n1CCc1ncn(C)n1. The lowest BCUT2D eigenvalue weighted by Crippen LogP contribution is -2.08. The van der Waals surface area contributed by atoms with Crippen LogP contribution in [-0.4, -0.2) is 30.4 Å². The van der Waals surface area contributed by atoms with Gasteiger partial charge in [0, 0.05) is 31.4 Å². The molecule has 0 fully saturated rings. The lowest BCUT2D eigenvalue weighted by atomic mass is 10.2. The Morgan fingerprint density at radius 3 is 2.67 bits per heavy atom. The molecule has 0 aliphatic rings. The maximum atomic E-state index is 11.0. The van der Waals surface area contributed by atoms with Crippen molar-refractivity contribution in [3.8, 4) is 0 Å². The van der Waals surface area contributed by atoms with Gasteiger partial charge in [0.15, 0.2) is 5.82 Å². The Hall–Kier alpha value is -2.11. The van der Waals surface area contributed by atoms with E-state index in [-0.39, 0.29) is 0 Å². The largest absolute Gasteiger partial charge is 0.478 e. The van der Waals surface area contributed by atoms with Gasteiger partial charge in [-0.3, -0.25) is 4.68 Å². The van der Waals surface area contributed by atoms with Gasteiger partial charge in [-0.05, 0) is 19.9 Å². The molecule has 96 valence electrons. The zero-order chi connectivity index (χ0) is 13.3. The van der Waals surface area contributed by atoms with Gasteiger partial charge in [0.2, 0.25) is 0 Å². The monoisotopic (exact) mass is 248 g/mol. The van der Waals surface area contributed by atoms with E-state index >= 15 is 0 Å². The first-order valence-electron chi connectivity index (χ1n) is 5.73. The molecule has 0 radical (unpaired) electrons. The second-order valence-corrected chi connectivity index (χ2v) is 4.33. The van der Waals surface area contributed by atoms with Gasteiger partial charge in [-0.25, -0.2) is 9.78 Å². The summed E-state index contributed by atoms with van der Waals surface area (Å²) in [6.07, 6.45) is 2.35. The zero-order valence-corrected chi connectivity index (χ0v) is 10.7. The summed E-state index contributed by atoms with van der Waals surface area (Å²) in [6, 6.07) is 1.70. The first kappa shape index (κ1) is 12.3. The Morgan fingerprint density at radius 2 is 2.17 bits per heavy atom. The summed E-state index contributed by atoms with van der Waals surface area (Å²) < 4.78 is 3.65. The Kier molecular flexibility index (Phi) is 3.18. The van der Waals surface area contributed by atoms with Gasteiger partial charge in [-0.2, -0.15) is 5.10 Å². The predicted octanol–water partition coefficient (Wildman–Crippen LogP) is 1.17. The molecule has 18 heavy (non-hydrogen) atoms. The van der Waals surface area contributed by atoms with Crippen LogP contribution in [0.3, 0.4) is 0 Å². The zero-order valence-electron chi connectivity index (χ0n) is 10.7. The van der Waals surface area contributed by atoms with Gasteiger partial charge in [-0.15, -0.1) is 0 Å². The molecular weight excluding hydrogens is 232 g/mol. The van der Waals surface area contributed by atoms with Crippen LogP contribution in [0.25, 0.3) is 0 Å². The van der Waals surface area contributed by atoms with Crippen LogP contribution in [0.2, 0.25) is 0 Å². The van der Waals surface area contributed by atoms with Crippen LogP contribution >= 0.6 is 0 Å². The number of hydrogen-bond acceptors (Lipinski definition) is 3. The minimum Gasteiger partial charge on any atom is -0.478 e. The van der Waals surface area contributed by atoms with Gasteiger partial charge in [0.05, 0.1) is 5.56 Å². The number of aromatic nitrogens is 4. The summed E-state index contributed by atoms with van der Waals surface area (Å²) in [4.78, 5) is 15.2. The topological polar surface area (TPSA) is 72.9 Å². The Balaban J connectivity index is 2.17. The molecular formula is C12H16N4O2. The number of aromatic carboxylic acids is 1. The van der Waals surface area contributed by atoms with E-state index in [9.17, 15) is 4.79 Å². The highest BCUT2D eigenvalue weighted by atomic mass is 16.4. The summed E-state index contributed by atoms with van der Waals surface area (Å²) in [7, 11) is 1.82. The number of nitrogens with zero attached hydrogens (tertiary/aromatic N) is 4. The molecule has 0 spiro atoms. The average Bonchev–Trinajstić information content (AvgIpc) is 2.82. The molecule has 1 N–H and O–H groups in total. The minimum atomic E-state index is -0.884. The summed E-state index contributed by atoms with van der Waals surface area (Å²) in [5, 5.41) is 13.3. The van der Waals surface area contributed by atoms with Crippen LogP contribution in [0.15, 0.2) is 12.4 Å². The summed E-state index contributed by atoms with van der Waals surface area (Å²) in [5.74, 6) is -0.118. The lowest BCUT2D eigenvalue weighted by molar-refractivity contribution is 0.0696. The van der Waals surface area contributed by atoms with Crippen molar-refractivity contribution in [2.24, 2.45) is 7.05 Å². The molecule has 0 aliphatic heterocycles. The number of carbonyl (C=O) groups is 1. The van der Waals surface area contributed by atoms with Crippen LogP contribution in [0.5, 0.6) is 0 Å². The molecule has 2 aromatic heterocycles. The highest BCUT2D eigenvalue weighted by Crippen LogP contribution is 2.15. The molecule has 6 nitrogen and oxygen atoms in total. The fraction of sp³-hybridized carbons (Fsp3) is 0.417. The molecule has 0 unspecified atom stereocenters. The second kappa shape index (κ2) is 4.64. The van der Waals surface area contributed by atoms with E-state index < -0.39 is 5.97 Å². The van der Waals surface area contributed by atoms with Crippen molar-refractivity contribution in [2.45, 2.75) is 26.8 Å². The minimum absolute atomic E-state index is 0.362. The molecule has 0 saturated heterocycles. The van der Waals surface area contributed by atoms with E-state index in [1.165, 1.54) is 0 Å². The molecule has 0 bridgehead atoms. The van der Waals surface area contributed by atoms with E-state index in [1.807, 2.05) is 25.5 Å². The Bertz CT molecular complexity index is 583. The normalized spacial score (nSPS) is 10.8. The van der Waals surface area contributed by atoms with Crippen molar-refractivity contribution in [3.05, 3.63) is 35.2 Å². The van der Waals surface area contributed by atoms with Gasteiger partial charge in [0.1, 0.15) is 6.33 Å². The van der Waals surface area contributed by atoms with Gasteiger partial charge in [0.25, 0.3) is 0 Å². The first-order chi connectivity index (χ1) is 8.49. The Labute approximate surface area is 105 Å². The summed E-state index contributed by atoms with van der Waals surface area (Å²) in [6.45, 7) is 4.42. The van der Waals surface area contributed by atoms with E-state index in [1.54, 1.807) is 17.1 Å². The van der Waals surface area contributed by atoms with Crippen LogP contribution in [-0.2, 0) is 20.0 Å². The number of rotatable bonds is 4. The third-order valence-corrected chi connectivity index (χ3v) is 3.01. The quantitative estimate of drug-likeness (QED) is 0.881. The predicted molar refractivity (Wildman–Crippen MR) is 65.6 cm³/mol. The third-order valence-electron chi connectivity index (χ3n) is 3.01. The fourth-order valence-electron chi connectivity index (χ4n) is 2.07. The van der Waals surface area contributed by atoms with E-state index in [2.05, 4.69) is 10.1 Å². The van der Waals surface area contributed by atoms with Crippen LogP contribution in [0.1, 0.15) is 27.6 Å². The fourth-order valence-corrected chi connectivity index (χ4v) is 2.07. The van der Waals surface area contributed by atoms with Crippen molar-refractivity contribution in [3.63, 3.8) is 0 Å². The molecule has 6 heteroatoms. The van der Waals surface area contributed by atoms with E-state index in [0.29, 0.717) is 18.5 Å². The number of hydrogen-bond donors (Lipinski definition) is 1. The van der Waals surface area contributed by atoms with Crippen LogP contribution in [0, 0.1) is 13.8 Å². The highest BCUT2D eigenvalue weighted by Gasteiger charge is 2.14. The maximum absolute atomic E-state index is 11.0. The molecule has 2 aromatic rings. The molecule has 0 amide bonds. The van der Waals surface area contributed by atoms with Gasteiger partial charge >= 0.3 is 5.97 Å². The maximum Gasteiger partial charge on any atom is 0.337 e. The first-order valence-corrected chi connectivity index (χ1v) is 5.73. The summed E-state index contributed by atoms with van der Waals surface area (Å²) in [5.41, 5.74) is 2.08. The van der Waals surface area contributed by atoms with E-state index in [4.69, 9.17) is 5.11 Å². The molecule has 0 atom stereocenters. The molecule has 0 saturated carbocycles. The number of aryl methyl sites for hydroxylation is 3. The van der Waals surface area contributed by atoms with Crippen molar-refractivity contribution in [2.75, 3.05) is 0 Å². The molecule has 0 aliphatic carbocycles. The van der Waals surface area contributed by atoms with Crippen molar-refractivity contribution < 1.29 is 9.90 Å². The van der Waals surface area contributed by atoms with E-state index in [0.717, 1.165) is 17.2 Å². The molecule has 2 rings (SSSR count). The lowest BCUT2D eigenvalue weighted by Gasteiger charge is -2.07. The van der Waals surface area contributed by atoms with Gasteiger partial charge < -0.3 is 9.67 Å². The highest BCUT2D eigenvalue weighted by molar-refractivity contribution is 5.89. The van der Waals surface area contributed by atoms with Gasteiger partial charge in [-0.1, -0.05) is 0 Å². The van der Waals surface area contributed by atoms with Crippen LogP contribution < -0.4 is 0 Å². The van der Waals surface area contributed by atoms with Crippen molar-refractivity contribution >= 4 is 5.97 Å². The van der Waals surface area contributed by atoms with Crippen molar-refractivity contribution in [1.29, 1.82) is 0 Å². The molecule has 2 heterocycles. The standard InChI is InChI=1S/C12H16N4O2/c1-8-6-10(12(17)18)9(2)16(8)5-4-11-13-7-15(3)14-11/h6-7H,4-5H2,1-3H3,(H,17,18). The van der Waals surface area contributed by atoms with Crippen molar-refractivity contribution in [1.82, 2.24) is 19.3 Å². The average molecular weight is 248 g/mol. The number of carboxylic acid groups (broad SMARTS) is 1. The Morgan fingerprint density at radius 1 is 1.44 bits per heavy atom. The van der Waals surface area contributed by atoms with Crippen LogP contribution in [0.4, 0.5) is 0 Å². The smallest absolute Gasteiger partial charge is 0.337 e. The second-order valence-electron chi connectivity index (χ2n) is 4.33. The number of carboxylic acids is 1.